The molecule has 1 N–H and O–H groups in total. The molecule has 0 aliphatic carbocycles. The predicted molar refractivity (Wildman–Crippen MR) is 80.9 cm³/mol. The zero-order chi connectivity index (χ0) is 14.4. The molecule has 0 amide bonds. The topological polar surface area (TPSA) is 33.7 Å². The summed E-state index contributed by atoms with van der Waals surface area (Å²) in [6.07, 6.45) is 1.46. The smallest absolute Gasteiger partial charge is 0.0971 e. The monoisotopic (exact) mass is 278 g/mol. The summed E-state index contributed by atoms with van der Waals surface area (Å²) in [5.74, 6) is 0. The predicted octanol–water partition coefficient (Wildman–Crippen LogP) is 1.29. The third kappa shape index (κ3) is 4.03. The Bertz CT molecular complexity index is 382. The Morgan fingerprint density at radius 3 is 2.10 bits per heavy atom. The minimum absolute atomic E-state index is 0.190. The van der Waals surface area contributed by atoms with E-state index in [2.05, 4.69) is 34.5 Å². The molecule has 0 spiro atoms. The van der Waals surface area contributed by atoms with Gasteiger partial charge in [-0.3, -0.25) is 4.90 Å². The van der Waals surface area contributed by atoms with Crippen LogP contribution in [0, 0.1) is 0 Å². The van der Waals surface area contributed by atoms with Crippen LogP contribution in [0.3, 0.4) is 0 Å². The summed E-state index contributed by atoms with van der Waals surface area (Å²) < 4.78 is 10.9. The maximum Gasteiger partial charge on any atom is 0.0971 e. The first-order valence-electron chi connectivity index (χ1n) is 7.27. The van der Waals surface area contributed by atoms with E-state index in [1.165, 1.54) is 11.1 Å². The van der Waals surface area contributed by atoms with Gasteiger partial charge in [0.05, 0.1) is 12.2 Å². The van der Waals surface area contributed by atoms with E-state index < -0.39 is 0 Å². The van der Waals surface area contributed by atoms with Gasteiger partial charge >= 0.3 is 0 Å². The van der Waals surface area contributed by atoms with Crippen molar-refractivity contribution in [3.05, 3.63) is 35.4 Å². The van der Waals surface area contributed by atoms with E-state index in [-0.39, 0.29) is 12.2 Å². The largest absolute Gasteiger partial charge is 0.377 e. The van der Waals surface area contributed by atoms with Crippen molar-refractivity contribution in [1.29, 1.82) is 0 Å². The van der Waals surface area contributed by atoms with E-state index in [0.29, 0.717) is 0 Å². The minimum Gasteiger partial charge on any atom is -0.377 e. The van der Waals surface area contributed by atoms with Gasteiger partial charge in [0.2, 0.25) is 0 Å². The van der Waals surface area contributed by atoms with Crippen LogP contribution in [0.2, 0.25) is 0 Å². The minimum atomic E-state index is 0.190. The molecule has 20 heavy (non-hydrogen) atoms. The molecule has 1 heterocycles. The Morgan fingerprint density at radius 2 is 1.60 bits per heavy atom. The molecule has 112 valence electrons. The second-order valence-electron chi connectivity index (χ2n) is 5.41. The van der Waals surface area contributed by atoms with E-state index >= 15 is 0 Å². The highest BCUT2D eigenvalue weighted by molar-refractivity contribution is 5.23. The number of nitrogens with one attached hydrogen (secondary N) is 1. The lowest BCUT2D eigenvalue weighted by molar-refractivity contribution is -0.00461. The average molecular weight is 278 g/mol. The van der Waals surface area contributed by atoms with Crippen LogP contribution in [0.5, 0.6) is 0 Å². The van der Waals surface area contributed by atoms with E-state index in [9.17, 15) is 0 Å². The fourth-order valence-corrected chi connectivity index (χ4v) is 2.74. The van der Waals surface area contributed by atoms with Crippen molar-refractivity contribution < 1.29 is 9.47 Å². The summed E-state index contributed by atoms with van der Waals surface area (Å²) >= 11 is 0. The van der Waals surface area contributed by atoms with Crippen molar-refractivity contribution in [2.45, 2.75) is 25.2 Å². The summed E-state index contributed by atoms with van der Waals surface area (Å²) in [6.45, 7) is 3.87. The number of rotatable bonds is 7. The number of likely N-dealkylation sites (N-methyl/N-ethyl adjacent to an activating group) is 1. The van der Waals surface area contributed by atoms with E-state index in [1.54, 1.807) is 14.2 Å². The lowest BCUT2D eigenvalue weighted by Gasteiger charge is -2.15. The van der Waals surface area contributed by atoms with E-state index in [1.807, 2.05) is 7.05 Å². The van der Waals surface area contributed by atoms with Crippen LogP contribution in [0.25, 0.3) is 0 Å². The third-order valence-corrected chi connectivity index (χ3v) is 3.99. The summed E-state index contributed by atoms with van der Waals surface area (Å²) in [7, 11) is 5.51. The van der Waals surface area contributed by atoms with Crippen LogP contribution < -0.4 is 5.32 Å². The molecular formula is C16H26N2O2. The van der Waals surface area contributed by atoms with Crippen molar-refractivity contribution in [1.82, 2.24) is 10.2 Å². The number of nitrogens with zero attached hydrogens (tertiary/aromatic N) is 1. The molecule has 1 aromatic rings. The molecule has 2 rings (SSSR count). The van der Waals surface area contributed by atoms with Crippen LogP contribution in [0.1, 0.15) is 11.1 Å². The van der Waals surface area contributed by atoms with Gasteiger partial charge in [0, 0.05) is 33.9 Å². The first kappa shape index (κ1) is 15.4. The molecule has 1 aliphatic rings. The molecule has 4 heteroatoms. The molecule has 0 saturated carbocycles. The first-order valence-corrected chi connectivity index (χ1v) is 7.27. The van der Waals surface area contributed by atoms with Gasteiger partial charge in [-0.15, -0.1) is 0 Å². The Kier molecular flexibility index (Phi) is 5.98. The van der Waals surface area contributed by atoms with Gasteiger partial charge < -0.3 is 14.8 Å². The van der Waals surface area contributed by atoms with Crippen molar-refractivity contribution in [2.24, 2.45) is 0 Å². The molecule has 4 nitrogen and oxygen atoms in total. The van der Waals surface area contributed by atoms with Gasteiger partial charge in [-0.1, -0.05) is 24.3 Å². The molecular weight excluding hydrogens is 252 g/mol. The van der Waals surface area contributed by atoms with Gasteiger partial charge in [-0.25, -0.2) is 0 Å². The molecule has 1 aliphatic heterocycles. The van der Waals surface area contributed by atoms with Gasteiger partial charge in [0.25, 0.3) is 0 Å². The Balaban J connectivity index is 1.87. The molecule has 0 bridgehead atoms. The second kappa shape index (κ2) is 7.74. The van der Waals surface area contributed by atoms with Crippen molar-refractivity contribution in [2.75, 3.05) is 40.9 Å². The highest BCUT2D eigenvalue weighted by Crippen LogP contribution is 2.18. The molecule has 2 atom stereocenters. The zero-order valence-corrected chi connectivity index (χ0v) is 12.8. The van der Waals surface area contributed by atoms with Crippen LogP contribution in [0.15, 0.2) is 24.3 Å². The fourth-order valence-electron chi connectivity index (χ4n) is 2.74. The molecule has 2 unspecified atom stereocenters. The van der Waals surface area contributed by atoms with Gasteiger partial charge in [-0.2, -0.15) is 0 Å². The molecule has 1 aromatic carbocycles. The van der Waals surface area contributed by atoms with Crippen LogP contribution in [-0.2, 0) is 22.4 Å². The van der Waals surface area contributed by atoms with Gasteiger partial charge in [0.1, 0.15) is 0 Å². The SMILES string of the molecule is CNCCc1ccc(CN2CC(OC)C(OC)C2)cc1. The van der Waals surface area contributed by atoms with Gasteiger partial charge in [-0.05, 0) is 31.1 Å². The van der Waals surface area contributed by atoms with Crippen molar-refractivity contribution >= 4 is 0 Å². The summed E-state index contributed by atoms with van der Waals surface area (Å²) in [4.78, 5) is 2.39. The number of ether oxygens (including phenoxy) is 2. The second-order valence-corrected chi connectivity index (χ2v) is 5.41. The van der Waals surface area contributed by atoms with Crippen LogP contribution >= 0.6 is 0 Å². The van der Waals surface area contributed by atoms with E-state index in [4.69, 9.17) is 9.47 Å². The molecule has 0 radical (unpaired) electrons. The summed E-state index contributed by atoms with van der Waals surface area (Å²) in [6, 6.07) is 8.91. The van der Waals surface area contributed by atoms with Crippen LogP contribution in [0.4, 0.5) is 0 Å². The van der Waals surface area contributed by atoms with E-state index in [0.717, 1.165) is 32.6 Å². The highest BCUT2D eigenvalue weighted by Gasteiger charge is 2.32. The van der Waals surface area contributed by atoms with Crippen molar-refractivity contribution in [3.8, 4) is 0 Å². The fraction of sp³-hybridized carbons (Fsp3) is 0.625. The number of benzene rings is 1. The highest BCUT2D eigenvalue weighted by atomic mass is 16.5. The third-order valence-electron chi connectivity index (χ3n) is 3.99. The number of methoxy groups -OCH3 is 2. The van der Waals surface area contributed by atoms with Crippen LogP contribution in [-0.4, -0.2) is 58.0 Å². The maximum absolute atomic E-state index is 5.47. The Hall–Kier alpha value is -0.940. The maximum atomic E-state index is 5.47. The zero-order valence-electron chi connectivity index (χ0n) is 12.8. The number of hydrogen-bond donors (Lipinski definition) is 1. The van der Waals surface area contributed by atoms with Crippen molar-refractivity contribution in [3.63, 3.8) is 0 Å². The summed E-state index contributed by atoms with van der Waals surface area (Å²) in [5.41, 5.74) is 2.74. The molecule has 1 saturated heterocycles. The molecule has 0 aromatic heterocycles. The number of likely N-dealkylation sites (tertiary alicyclic amines) is 1. The lowest BCUT2D eigenvalue weighted by Crippen LogP contribution is -2.27. The average Bonchev–Trinajstić information content (AvgIpc) is 2.88. The number of hydrogen-bond acceptors (Lipinski definition) is 4. The first-order chi connectivity index (χ1) is 9.76. The lowest BCUT2D eigenvalue weighted by atomic mass is 10.1. The summed E-state index contributed by atoms with van der Waals surface area (Å²) in [5, 5.41) is 3.18. The Morgan fingerprint density at radius 1 is 1.05 bits per heavy atom. The van der Waals surface area contributed by atoms with Gasteiger partial charge in [0.15, 0.2) is 0 Å². The standard InChI is InChI=1S/C16H26N2O2/c1-17-9-8-13-4-6-14(7-5-13)10-18-11-15(19-2)16(12-18)20-3/h4-7,15-17H,8-12H2,1-3H3. The normalized spacial score (nSPS) is 23.4. The quantitative estimate of drug-likeness (QED) is 0.815. The Labute approximate surface area is 122 Å². The molecule has 1 fully saturated rings.